The van der Waals surface area contributed by atoms with Crippen LogP contribution in [0.2, 0.25) is 0 Å². The molecule has 1 aliphatic rings. The highest BCUT2D eigenvalue weighted by molar-refractivity contribution is 9.10. The lowest BCUT2D eigenvalue weighted by Gasteiger charge is -2.28. The zero-order chi connectivity index (χ0) is 13.9. The molecule has 0 N–H and O–H groups in total. The lowest BCUT2D eigenvalue weighted by molar-refractivity contribution is 0.320. The van der Waals surface area contributed by atoms with Crippen molar-refractivity contribution in [1.82, 2.24) is 4.31 Å². The van der Waals surface area contributed by atoms with Crippen molar-refractivity contribution < 1.29 is 13.2 Å². The Morgan fingerprint density at radius 1 is 1.32 bits per heavy atom. The molecule has 0 aromatic heterocycles. The predicted molar refractivity (Wildman–Crippen MR) is 74.0 cm³/mol. The molecule has 5 nitrogen and oxygen atoms in total. The fourth-order valence-corrected chi connectivity index (χ4v) is 4.13. The van der Waals surface area contributed by atoms with E-state index in [2.05, 4.69) is 20.9 Å². The van der Waals surface area contributed by atoms with Gasteiger partial charge in [0.25, 0.3) is 0 Å². The molecule has 1 heterocycles. The number of piperidine rings is 1. The average Bonchev–Trinajstić information content (AvgIpc) is 2.40. The van der Waals surface area contributed by atoms with Gasteiger partial charge in [0.1, 0.15) is 0 Å². The molecular formula is C12H13BrN2O3S. The van der Waals surface area contributed by atoms with Gasteiger partial charge in [-0.3, -0.25) is 0 Å². The van der Waals surface area contributed by atoms with Crippen molar-refractivity contribution in [3.8, 4) is 0 Å². The van der Waals surface area contributed by atoms with Crippen molar-refractivity contribution >= 4 is 32.0 Å². The first-order chi connectivity index (χ1) is 9.04. The summed E-state index contributed by atoms with van der Waals surface area (Å²) in [5.74, 6) is 0. The molecule has 0 atom stereocenters. The predicted octanol–water partition coefficient (Wildman–Crippen LogP) is 1.94. The van der Waals surface area contributed by atoms with Crippen molar-refractivity contribution in [2.75, 3.05) is 13.1 Å². The van der Waals surface area contributed by atoms with Crippen LogP contribution in [0.25, 0.3) is 0 Å². The average molecular weight is 345 g/mol. The number of hydrogen-bond donors (Lipinski definition) is 0. The SMILES string of the molecule is O=C=NC1CCN(S(=O)(=O)c2cccc(Br)c2)CC1. The Morgan fingerprint density at radius 2 is 2.00 bits per heavy atom. The first kappa shape index (κ1) is 14.4. The second-order valence-corrected chi connectivity index (χ2v) is 7.17. The van der Waals surface area contributed by atoms with E-state index in [4.69, 9.17) is 0 Å². The second kappa shape index (κ2) is 5.96. The topological polar surface area (TPSA) is 66.8 Å². The summed E-state index contributed by atoms with van der Waals surface area (Å²) in [4.78, 5) is 14.1. The quantitative estimate of drug-likeness (QED) is 0.621. The highest BCUT2D eigenvalue weighted by Crippen LogP contribution is 2.23. The van der Waals surface area contributed by atoms with Gasteiger partial charge in [-0.2, -0.15) is 4.31 Å². The first-order valence-electron chi connectivity index (χ1n) is 5.87. The third kappa shape index (κ3) is 3.30. The van der Waals surface area contributed by atoms with Crippen LogP contribution in [0.5, 0.6) is 0 Å². The zero-order valence-electron chi connectivity index (χ0n) is 10.1. The molecule has 0 spiro atoms. The van der Waals surface area contributed by atoms with E-state index in [9.17, 15) is 13.2 Å². The van der Waals surface area contributed by atoms with E-state index in [1.54, 1.807) is 24.3 Å². The van der Waals surface area contributed by atoms with Crippen LogP contribution in [0.1, 0.15) is 12.8 Å². The summed E-state index contributed by atoms with van der Waals surface area (Å²) in [5.41, 5.74) is 0. The maximum atomic E-state index is 12.4. The molecule has 1 saturated heterocycles. The summed E-state index contributed by atoms with van der Waals surface area (Å²) in [6.45, 7) is 0.759. The molecule has 0 amide bonds. The molecule has 0 unspecified atom stereocenters. The van der Waals surface area contributed by atoms with E-state index in [0.29, 0.717) is 25.9 Å². The number of halogens is 1. The molecule has 0 radical (unpaired) electrons. The van der Waals surface area contributed by atoms with Gasteiger partial charge in [-0.15, -0.1) is 0 Å². The monoisotopic (exact) mass is 344 g/mol. The number of rotatable bonds is 3. The van der Waals surface area contributed by atoms with Gasteiger partial charge in [0.2, 0.25) is 16.1 Å². The smallest absolute Gasteiger partial charge is 0.211 e. The summed E-state index contributed by atoms with van der Waals surface area (Å²) in [6.07, 6.45) is 2.65. The van der Waals surface area contributed by atoms with Gasteiger partial charge in [0, 0.05) is 17.6 Å². The normalized spacial score (nSPS) is 17.9. The largest absolute Gasteiger partial charge is 0.243 e. The number of hydrogen-bond acceptors (Lipinski definition) is 4. The molecular weight excluding hydrogens is 332 g/mol. The van der Waals surface area contributed by atoms with Crippen LogP contribution in [0, 0.1) is 0 Å². The standard InChI is InChI=1S/C12H13BrN2O3S/c13-10-2-1-3-12(8-10)19(17,18)15-6-4-11(5-7-15)14-9-16/h1-3,8,11H,4-7H2. The Hall–Kier alpha value is -1.01. The number of isocyanates is 1. The number of sulfonamides is 1. The highest BCUT2D eigenvalue weighted by atomic mass is 79.9. The van der Waals surface area contributed by atoms with E-state index in [1.807, 2.05) is 0 Å². The third-order valence-corrected chi connectivity index (χ3v) is 5.48. The van der Waals surface area contributed by atoms with Crippen molar-refractivity contribution in [2.45, 2.75) is 23.8 Å². The Balaban J connectivity index is 2.16. The summed E-state index contributed by atoms with van der Waals surface area (Å²) in [7, 11) is -3.46. The Kier molecular flexibility index (Phi) is 4.52. The van der Waals surface area contributed by atoms with Crippen LogP contribution in [0.4, 0.5) is 0 Å². The van der Waals surface area contributed by atoms with Gasteiger partial charge in [0.15, 0.2) is 0 Å². The minimum atomic E-state index is -3.46. The van der Waals surface area contributed by atoms with E-state index >= 15 is 0 Å². The van der Waals surface area contributed by atoms with Crippen LogP contribution in [-0.4, -0.2) is 37.9 Å². The molecule has 7 heteroatoms. The zero-order valence-corrected chi connectivity index (χ0v) is 12.5. The van der Waals surface area contributed by atoms with Gasteiger partial charge in [0.05, 0.1) is 10.9 Å². The van der Waals surface area contributed by atoms with Crippen molar-refractivity contribution in [2.24, 2.45) is 4.99 Å². The Morgan fingerprint density at radius 3 is 2.58 bits per heavy atom. The summed E-state index contributed by atoms with van der Waals surface area (Å²) in [5, 5.41) is 0. The summed E-state index contributed by atoms with van der Waals surface area (Å²) >= 11 is 3.27. The number of aliphatic imine (C=N–C) groups is 1. The van der Waals surface area contributed by atoms with E-state index in [1.165, 1.54) is 10.4 Å². The Bertz CT molecular complexity index is 603. The molecule has 0 bridgehead atoms. The summed E-state index contributed by atoms with van der Waals surface area (Å²) < 4.78 is 27.0. The molecule has 1 aromatic carbocycles. The van der Waals surface area contributed by atoms with Crippen LogP contribution >= 0.6 is 15.9 Å². The maximum Gasteiger partial charge on any atom is 0.243 e. The van der Waals surface area contributed by atoms with Gasteiger partial charge < -0.3 is 0 Å². The lowest BCUT2D eigenvalue weighted by Crippen LogP contribution is -2.39. The molecule has 1 fully saturated rings. The molecule has 102 valence electrons. The number of carbonyl (C=O) groups excluding carboxylic acids is 1. The van der Waals surface area contributed by atoms with E-state index in [-0.39, 0.29) is 10.9 Å². The van der Waals surface area contributed by atoms with Gasteiger partial charge in [-0.25, -0.2) is 18.2 Å². The molecule has 0 aliphatic carbocycles. The molecule has 1 aliphatic heterocycles. The fourth-order valence-electron chi connectivity index (χ4n) is 2.06. The minimum Gasteiger partial charge on any atom is -0.211 e. The number of nitrogens with zero attached hydrogens (tertiary/aromatic N) is 2. The third-order valence-electron chi connectivity index (χ3n) is 3.09. The maximum absolute atomic E-state index is 12.4. The fraction of sp³-hybridized carbons (Fsp3) is 0.417. The van der Waals surface area contributed by atoms with Crippen molar-refractivity contribution in [3.63, 3.8) is 0 Å². The molecule has 2 rings (SSSR count). The van der Waals surface area contributed by atoms with Gasteiger partial charge in [-0.1, -0.05) is 22.0 Å². The van der Waals surface area contributed by atoms with E-state index in [0.717, 1.165) is 4.47 Å². The van der Waals surface area contributed by atoms with Crippen molar-refractivity contribution in [1.29, 1.82) is 0 Å². The molecule has 19 heavy (non-hydrogen) atoms. The first-order valence-corrected chi connectivity index (χ1v) is 8.10. The van der Waals surface area contributed by atoms with E-state index < -0.39 is 10.0 Å². The van der Waals surface area contributed by atoms with Crippen LogP contribution in [-0.2, 0) is 14.8 Å². The Labute approximate surface area is 120 Å². The van der Waals surface area contributed by atoms with Crippen molar-refractivity contribution in [3.05, 3.63) is 28.7 Å². The van der Waals surface area contributed by atoms with Crippen LogP contribution in [0.3, 0.4) is 0 Å². The molecule has 0 saturated carbocycles. The molecule has 1 aromatic rings. The van der Waals surface area contributed by atoms with Crippen LogP contribution in [0.15, 0.2) is 38.6 Å². The van der Waals surface area contributed by atoms with Gasteiger partial charge >= 0.3 is 0 Å². The van der Waals surface area contributed by atoms with Crippen LogP contribution < -0.4 is 0 Å². The second-order valence-electron chi connectivity index (χ2n) is 4.31. The summed E-state index contributed by atoms with van der Waals surface area (Å²) in [6, 6.07) is 6.54. The highest BCUT2D eigenvalue weighted by Gasteiger charge is 2.29. The number of benzene rings is 1. The minimum absolute atomic E-state index is 0.105. The lowest BCUT2D eigenvalue weighted by atomic mass is 10.1. The van der Waals surface area contributed by atoms with Gasteiger partial charge in [-0.05, 0) is 31.0 Å².